The number of carbonyl (C=O) groups is 1. The molecular formula is C23H30N2O5. The molecule has 7 nitrogen and oxygen atoms in total. The normalized spacial score (nSPS) is 14.6. The molecule has 1 aromatic heterocycles. The van der Waals surface area contributed by atoms with Gasteiger partial charge in [0.25, 0.3) is 0 Å². The van der Waals surface area contributed by atoms with Crippen molar-refractivity contribution >= 4 is 16.9 Å². The summed E-state index contributed by atoms with van der Waals surface area (Å²) in [6.45, 7) is 14.3. The molecule has 3 rings (SSSR count). The van der Waals surface area contributed by atoms with Crippen LogP contribution in [0.25, 0.3) is 11.0 Å². The Morgan fingerprint density at radius 1 is 1.23 bits per heavy atom. The monoisotopic (exact) mass is 414 g/mol. The van der Waals surface area contributed by atoms with Crippen LogP contribution in [0.3, 0.4) is 0 Å². The van der Waals surface area contributed by atoms with Gasteiger partial charge in [0, 0.05) is 37.1 Å². The number of benzene rings is 1. The lowest BCUT2D eigenvalue weighted by Crippen LogP contribution is -2.41. The molecule has 1 aromatic carbocycles. The van der Waals surface area contributed by atoms with Crippen molar-refractivity contribution in [2.75, 3.05) is 46.0 Å². The number of rotatable bonds is 8. The number of ether oxygens (including phenoxy) is 2. The van der Waals surface area contributed by atoms with Gasteiger partial charge < -0.3 is 19.2 Å². The molecule has 7 heteroatoms. The topological polar surface area (TPSA) is 81.0 Å². The highest BCUT2D eigenvalue weighted by molar-refractivity contribution is 5.87. The summed E-state index contributed by atoms with van der Waals surface area (Å²) in [6.07, 6.45) is 0.000174. The van der Waals surface area contributed by atoms with Gasteiger partial charge in [-0.15, -0.1) is 0 Å². The predicted molar refractivity (Wildman–Crippen MR) is 116 cm³/mol. The minimum absolute atomic E-state index is 0.000174. The molecule has 162 valence electrons. The molecule has 0 spiro atoms. The lowest BCUT2D eigenvalue weighted by atomic mass is 10.0. The van der Waals surface area contributed by atoms with Crippen molar-refractivity contribution in [2.24, 2.45) is 0 Å². The van der Waals surface area contributed by atoms with E-state index in [9.17, 15) is 9.59 Å². The highest BCUT2D eigenvalue weighted by Gasteiger charge is 2.18. The molecule has 0 saturated carbocycles. The average molecular weight is 415 g/mol. The number of hydrogen-bond acceptors (Lipinski definition) is 6. The molecule has 1 aliphatic rings. The zero-order valence-corrected chi connectivity index (χ0v) is 18.0. The van der Waals surface area contributed by atoms with Crippen molar-refractivity contribution in [1.82, 2.24) is 10.2 Å². The number of morpholine rings is 1. The SMILES string of the molecule is C=C(C)COc1ccc2c(C)c(CC(=O)NCCN3CCOCC3)c(=O)oc2c1C. The lowest BCUT2D eigenvalue weighted by Gasteiger charge is -2.26. The van der Waals surface area contributed by atoms with E-state index in [1.54, 1.807) is 0 Å². The first-order chi connectivity index (χ1) is 14.4. The van der Waals surface area contributed by atoms with Crippen LogP contribution in [0.1, 0.15) is 23.6 Å². The van der Waals surface area contributed by atoms with Gasteiger partial charge in [-0.3, -0.25) is 9.69 Å². The van der Waals surface area contributed by atoms with Crippen LogP contribution in [0.15, 0.2) is 33.5 Å². The fourth-order valence-electron chi connectivity index (χ4n) is 3.53. The third-order valence-corrected chi connectivity index (χ3v) is 5.32. The van der Waals surface area contributed by atoms with Crippen LogP contribution in [-0.2, 0) is 16.0 Å². The van der Waals surface area contributed by atoms with Crippen molar-refractivity contribution in [3.8, 4) is 5.75 Å². The highest BCUT2D eigenvalue weighted by atomic mass is 16.5. The van der Waals surface area contributed by atoms with Crippen molar-refractivity contribution < 1.29 is 18.7 Å². The Morgan fingerprint density at radius 2 is 1.97 bits per heavy atom. The molecule has 0 atom stereocenters. The molecule has 0 unspecified atom stereocenters. The Hall–Kier alpha value is -2.64. The van der Waals surface area contributed by atoms with Gasteiger partial charge in [-0.2, -0.15) is 0 Å². The van der Waals surface area contributed by atoms with E-state index in [1.165, 1.54) is 0 Å². The predicted octanol–water partition coefficient (Wildman–Crippen LogP) is 2.36. The van der Waals surface area contributed by atoms with Crippen LogP contribution < -0.4 is 15.7 Å². The number of aryl methyl sites for hydroxylation is 2. The standard InChI is InChI=1S/C23H30N2O5/c1-15(2)14-29-20-6-5-18-16(3)19(23(27)30-22(18)17(20)4)13-21(26)24-7-8-25-9-11-28-12-10-25/h5-6H,1,7-14H2,2-4H3,(H,24,26). The lowest BCUT2D eigenvalue weighted by molar-refractivity contribution is -0.120. The maximum atomic E-state index is 12.6. The van der Waals surface area contributed by atoms with Gasteiger partial charge in [0.05, 0.1) is 25.2 Å². The minimum Gasteiger partial charge on any atom is -0.489 e. The summed E-state index contributed by atoms with van der Waals surface area (Å²) in [5, 5.41) is 3.71. The summed E-state index contributed by atoms with van der Waals surface area (Å²) < 4.78 is 16.7. The molecule has 2 aromatic rings. The molecule has 0 aliphatic carbocycles. The molecule has 1 N–H and O–H groups in total. The molecule has 0 bridgehead atoms. The van der Waals surface area contributed by atoms with E-state index >= 15 is 0 Å². The largest absolute Gasteiger partial charge is 0.489 e. The Morgan fingerprint density at radius 3 is 2.67 bits per heavy atom. The van der Waals surface area contributed by atoms with Crippen LogP contribution >= 0.6 is 0 Å². The zero-order valence-electron chi connectivity index (χ0n) is 18.0. The maximum Gasteiger partial charge on any atom is 0.340 e. The summed E-state index contributed by atoms with van der Waals surface area (Å²) in [5.41, 5.74) is 2.83. The van der Waals surface area contributed by atoms with E-state index in [4.69, 9.17) is 13.9 Å². The van der Waals surface area contributed by atoms with Gasteiger partial charge in [-0.1, -0.05) is 6.58 Å². The van der Waals surface area contributed by atoms with Crippen LogP contribution in [-0.4, -0.2) is 56.8 Å². The van der Waals surface area contributed by atoms with E-state index in [0.29, 0.717) is 30.0 Å². The summed E-state index contributed by atoms with van der Waals surface area (Å²) in [5.74, 6) is 0.470. The fraction of sp³-hybridized carbons (Fsp3) is 0.478. The molecule has 30 heavy (non-hydrogen) atoms. The Balaban J connectivity index is 1.71. The van der Waals surface area contributed by atoms with Crippen molar-refractivity contribution in [1.29, 1.82) is 0 Å². The molecular weight excluding hydrogens is 384 g/mol. The molecule has 2 heterocycles. The number of nitrogens with one attached hydrogen (secondary N) is 1. The summed E-state index contributed by atoms with van der Waals surface area (Å²) in [4.78, 5) is 27.3. The van der Waals surface area contributed by atoms with Crippen LogP contribution in [0, 0.1) is 13.8 Å². The van der Waals surface area contributed by atoms with E-state index in [2.05, 4.69) is 16.8 Å². The average Bonchev–Trinajstić information content (AvgIpc) is 2.72. The Kier molecular flexibility index (Phi) is 7.29. The Bertz CT molecular complexity index is 989. The number of carbonyl (C=O) groups excluding carboxylic acids is 1. The first-order valence-corrected chi connectivity index (χ1v) is 10.3. The third-order valence-electron chi connectivity index (χ3n) is 5.32. The first-order valence-electron chi connectivity index (χ1n) is 10.3. The zero-order chi connectivity index (χ0) is 21.7. The number of hydrogen-bond donors (Lipinski definition) is 1. The van der Waals surface area contributed by atoms with E-state index in [-0.39, 0.29) is 12.3 Å². The minimum atomic E-state index is -0.483. The van der Waals surface area contributed by atoms with Crippen molar-refractivity contribution in [3.05, 3.63) is 51.4 Å². The van der Waals surface area contributed by atoms with E-state index in [1.807, 2.05) is 32.9 Å². The maximum absolute atomic E-state index is 12.6. The summed E-state index contributed by atoms with van der Waals surface area (Å²) in [7, 11) is 0. The molecule has 1 amide bonds. The van der Waals surface area contributed by atoms with Gasteiger partial charge in [0.15, 0.2) is 0 Å². The van der Waals surface area contributed by atoms with Crippen LogP contribution in [0.4, 0.5) is 0 Å². The van der Waals surface area contributed by atoms with Crippen molar-refractivity contribution in [3.63, 3.8) is 0 Å². The van der Waals surface area contributed by atoms with E-state index < -0.39 is 5.63 Å². The summed E-state index contributed by atoms with van der Waals surface area (Å²) in [6, 6.07) is 3.73. The summed E-state index contributed by atoms with van der Waals surface area (Å²) >= 11 is 0. The van der Waals surface area contributed by atoms with E-state index in [0.717, 1.165) is 54.9 Å². The Labute approximate surface area is 176 Å². The smallest absolute Gasteiger partial charge is 0.340 e. The second-order valence-corrected chi connectivity index (χ2v) is 7.78. The molecule has 1 aliphatic heterocycles. The second kappa shape index (κ2) is 9.91. The van der Waals surface area contributed by atoms with Gasteiger partial charge in [0.2, 0.25) is 5.91 Å². The fourth-order valence-corrected chi connectivity index (χ4v) is 3.53. The van der Waals surface area contributed by atoms with Crippen LogP contribution in [0.2, 0.25) is 0 Å². The molecule has 0 radical (unpaired) electrons. The van der Waals surface area contributed by atoms with Gasteiger partial charge in [-0.05, 0) is 44.0 Å². The first kappa shape index (κ1) is 22.1. The second-order valence-electron chi connectivity index (χ2n) is 7.78. The number of nitrogens with zero attached hydrogens (tertiary/aromatic N) is 1. The van der Waals surface area contributed by atoms with Gasteiger partial charge >= 0.3 is 5.63 Å². The van der Waals surface area contributed by atoms with Crippen molar-refractivity contribution in [2.45, 2.75) is 27.2 Å². The third kappa shape index (κ3) is 5.29. The quantitative estimate of drug-likeness (QED) is 0.528. The number of amides is 1. The molecule has 1 saturated heterocycles. The molecule has 1 fully saturated rings. The van der Waals surface area contributed by atoms with Crippen LogP contribution in [0.5, 0.6) is 5.75 Å². The van der Waals surface area contributed by atoms with Gasteiger partial charge in [-0.25, -0.2) is 4.79 Å². The van der Waals surface area contributed by atoms with Gasteiger partial charge in [0.1, 0.15) is 17.9 Å². The number of fused-ring (bicyclic) bond motifs is 1. The highest BCUT2D eigenvalue weighted by Crippen LogP contribution is 2.29.